The van der Waals surface area contributed by atoms with Crippen molar-refractivity contribution in [2.45, 2.75) is 27.2 Å². The molecule has 0 saturated heterocycles. The standard InChI is InChI=1S/C20H22ClNO5/c1-5-26-16(23)11-15-17(20(25)27-6-2)12(3)18(22(15)4)19(24)13-7-9-14(21)10-8-13/h7-10H,5-6,11H2,1-4H3. The highest BCUT2D eigenvalue weighted by molar-refractivity contribution is 6.30. The quantitative estimate of drug-likeness (QED) is 0.533. The van der Waals surface area contributed by atoms with E-state index in [-0.39, 0.29) is 31.0 Å². The van der Waals surface area contributed by atoms with Crippen molar-refractivity contribution >= 4 is 29.3 Å². The molecule has 0 atom stereocenters. The summed E-state index contributed by atoms with van der Waals surface area (Å²) in [6.07, 6.45) is -0.132. The Labute approximate surface area is 163 Å². The van der Waals surface area contributed by atoms with Gasteiger partial charge in [-0.1, -0.05) is 11.6 Å². The molecular formula is C20H22ClNO5. The normalized spacial score (nSPS) is 10.6. The van der Waals surface area contributed by atoms with Crippen LogP contribution < -0.4 is 0 Å². The van der Waals surface area contributed by atoms with Crippen LogP contribution in [-0.4, -0.2) is 35.5 Å². The highest BCUT2D eigenvalue weighted by Gasteiger charge is 2.29. The van der Waals surface area contributed by atoms with E-state index in [1.807, 2.05) is 0 Å². The Morgan fingerprint density at radius 2 is 1.63 bits per heavy atom. The Morgan fingerprint density at radius 3 is 2.19 bits per heavy atom. The first kappa shape index (κ1) is 20.7. The Kier molecular flexibility index (Phi) is 6.80. The molecule has 6 nitrogen and oxygen atoms in total. The third-order valence-electron chi connectivity index (χ3n) is 4.18. The zero-order chi connectivity index (χ0) is 20.1. The molecule has 0 N–H and O–H groups in total. The summed E-state index contributed by atoms with van der Waals surface area (Å²) < 4.78 is 11.7. The van der Waals surface area contributed by atoms with Crippen LogP contribution in [0, 0.1) is 6.92 Å². The van der Waals surface area contributed by atoms with Gasteiger partial charge < -0.3 is 14.0 Å². The number of rotatable bonds is 7. The van der Waals surface area contributed by atoms with Crippen LogP contribution in [0.4, 0.5) is 0 Å². The first-order valence-electron chi connectivity index (χ1n) is 8.62. The molecule has 0 aliphatic carbocycles. The molecule has 2 rings (SSSR count). The van der Waals surface area contributed by atoms with Gasteiger partial charge in [0.1, 0.15) is 0 Å². The van der Waals surface area contributed by atoms with Crippen molar-refractivity contribution in [3.05, 3.63) is 57.4 Å². The molecule has 1 aromatic carbocycles. The molecule has 1 heterocycles. The monoisotopic (exact) mass is 391 g/mol. The minimum atomic E-state index is -0.569. The van der Waals surface area contributed by atoms with E-state index < -0.39 is 11.9 Å². The number of nitrogens with zero attached hydrogens (tertiary/aromatic N) is 1. The summed E-state index contributed by atoms with van der Waals surface area (Å²) in [7, 11) is 1.65. The van der Waals surface area contributed by atoms with Gasteiger partial charge in [0.25, 0.3) is 0 Å². The molecule has 27 heavy (non-hydrogen) atoms. The second kappa shape index (κ2) is 8.86. The molecule has 0 bridgehead atoms. The van der Waals surface area contributed by atoms with Gasteiger partial charge in [-0.25, -0.2) is 4.79 Å². The van der Waals surface area contributed by atoms with Crippen molar-refractivity contribution < 1.29 is 23.9 Å². The van der Waals surface area contributed by atoms with E-state index in [9.17, 15) is 14.4 Å². The summed E-state index contributed by atoms with van der Waals surface area (Å²) in [5, 5.41) is 0.519. The third kappa shape index (κ3) is 4.39. The lowest BCUT2D eigenvalue weighted by Gasteiger charge is -2.09. The van der Waals surface area contributed by atoms with Crippen molar-refractivity contribution in [3.63, 3.8) is 0 Å². The van der Waals surface area contributed by atoms with Crippen LogP contribution in [0.2, 0.25) is 5.02 Å². The maximum atomic E-state index is 13.0. The largest absolute Gasteiger partial charge is 0.466 e. The first-order valence-corrected chi connectivity index (χ1v) is 9.00. The van der Waals surface area contributed by atoms with Crippen LogP contribution in [0.15, 0.2) is 24.3 Å². The van der Waals surface area contributed by atoms with E-state index in [2.05, 4.69) is 0 Å². The SMILES string of the molecule is CCOC(=O)Cc1c(C(=O)OCC)c(C)c(C(=O)c2ccc(Cl)cc2)n1C. The zero-order valence-electron chi connectivity index (χ0n) is 15.8. The van der Waals surface area contributed by atoms with Gasteiger partial charge in [-0.3, -0.25) is 9.59 Å². The van der Waals surface area contributed by atoms with Crippen molar-refractivity contribution in [2.75, 3.05) is 13.2 Å². The van der Waals surface area contributed by atoms with E-state index in [0.717, 1.165) is 0 Å². The zero-order valence-corrected chi connectivity index (χ0v) is 16.6. The molecule has 0 aliphatic heterocycles. The lowest BCUT2D eigenvalue weighted by molar-refractivity contribution is -0.142. The van der Waals surface area contributed by atoms with Crippen molar-refractivity contribution in [1.29, 1.82) is 0 Å². The van der Waals surface area contributed by atoms with Gasteiger partial charge in [0.15, 0.2) is 0 Å². The summed E-state index contributed by atoms with van der Waals surface area (Å²) in [5.74, 6) is -1.32. The van der Waals surface area contributed by atoms with Crippen LogP contribution in [0.5, 0.6) is 0 Å². The molecule has 0 aliphatic rings. The van der Waals surface area contributed by atoms with Gasteiger partial charge in [-0.05, 0) is 50.6 Å². The lowest BCUT2D eigenvalue weighted by atomic mass is 10.0. The first-order chi connectivity index (χ1) is 12.8. The maximum Gasteiger partial charge on any atom is 0.340 e. The van der Waals surface area contributed by atoms with Crippen LogP contribution >= 0.6 is 11.6 Å². The smallest absolute Gasteiger partial charge is 0.340 e. The van der Waals surface area contributed by atoms with Gasteiger partial charge in [0.2, 0.25) is 5.78 Å². The number of hydrogen-bond acceptors (Lipinski definition) is 5. The molecule has 0 saturated carbocycles. The number of benzene rings is 1. The van der Waals surface area contributed by atoms with Crippen LogP contribution in [0.25, 0.3) is 0 Å². The van der Waals surface area contributed by atoms with E-state index in [4.69, 9.17) is 21.1 Å². The number of hydrogen-bond donors (Lipinski definition) is 0. The van der Waals surface area contributed by atoms with Crippen molar-refractivity contribution in [1.82, 2.24) is 4.57 Å². The van der Waals surface area contributed by atoms with Crippen molar-refractivity contribution in [3.8, 4) is 0 Å². The molecule has 0 amide bonds. The highest BCUT2D eigenvalue weighted by Crippen LogP contribution is 2.26. The predicted octanol–water partition coefficient (Wildman–Crippen LogP) is 3.50. The molecular weight excluding hydrogens is 370 g/mol. The Balaban J connectivity index is 2.57. The van der Waals surface area contributed by atoms with Gasteiger partial charge in [-0.2, -0.15) is 0 Å². The van der Waals surface area contributed by atoms with E-state index >= 15 is 0 Å². The van der Waals surface area contributed by atoms with Gasteiger partial charge in [0, 0.05) is 23.3 Å². The molecule has 0 radical (unpaired) electrons. The molecule has 144 valence electrons. The number of halogens is 1. The Hall–Kier alpha value is -2.60. The minimum Gasteiger partial charge on any atom is -0.466 e. The number of aromatic nitrogens is 1. The predicted molar refractivity (Wildman–Crippen MR) is 101 cm³/mol. The topological polar surface area (TPSA) is 74.6 Å². The van der Waals surface area contributed by atoms with E-state index in [0.29, 0.717) is 27.5 Å². The number of carbonyl (C=O) groups excluding carboxylic acids is 3. The molecule has 0 unspecified atom stereocenters. The number of esters is 2. The second-order valence-electron chi connectivity index (χ2n) is 5.89. The number of ketones is 1. The van der Waals surface area contributed by atoms with E-state index in [1.54, 1.807) is 56.7 Å². The number of ether oxygens (including phenoxy) is 2. The number of carbonyl (C=O) groups is 3. The summed E-state index contributed by atoms with van der Waals surface area (Å²) in [5.41, 5.74) is 1.84. The molecule has 0 fully saturated rings. The Bertz CT molecular complexity index is 867. The average molecular weight is 392 g/mol. The van der Waals surface area contributed by atoms with Gasteiger partial charge in [0.05, 0.1) is 30.9 Å². The lowest BCUT2D eigenvalue weighted by Crippen LogP contribution is -2.16. The van der Waals surface area contributed by atoms with Crippen LogP contribution in [-0.2, 0) is 27.7 Å². The van der Waals surface area contributed by atoms with E-state index in [1.165, 1.54) is 0 Å². The fourth-order valence-corrected chi connectivity index (χ4v) is 3.11. The fraction of sp³-hybridized carbons (Fsp3) is 0.350. The summed E-state index contributed by atoms with van der Waals surface area (Å²) in [4.78, 5) is 37.5. The third-order valence-corrected chi connectivity index (χ3v) is 4.43. The fourth-order valence-electron chi connectivity index (χ4n) is 2.98. The van der Waals surface area contributed by atoms with Gasteiger partial charge in [-0.15, -0.1) is 0 Å². The summed E-state index contributed by atoms with van der Waals surface area (Å²) in [6.45, 7) is 5.49. The van der Waals surface area contributed by atoms with Gasteiger partial charge >= 0.3 is 11.9 Å². The summed E-state index contributed by atoms with van der Waals surface area (Å²) >= 11 is 5.89. The van der Waals surface area contributed by atoms with Crippen LogP contribution in [0.1, 0.15) is 51.5 Å². The second-order valence-corrected chi connectivity index (χ2v) is 6.33. The highest BCUT2D eigenvalue weighted by atomic mass is 35.5. The van der Waals surface area contributed by atoms with Crippen molar-refractivity contribution in [2.24, 2.45) is 7.05 Å². The molecule has 2 aromatic rings. The minimum absolute atomic E-state index is 0.132. The van der Waals surface area contributed by atoms with Crippen LogP contribution in [0.3, 0.4) is 0 Å². The average Bonchev–Trinajstić information content (AvgIpc) is 2.85. The molecule has 1 aromatic heterocycles. The molecule has 0 spiro atoms. The molecule has 7 heteroatoms. The Morgan fingerprint density at radius 1 is 1.04 bits per heavy atom. The maximum absolute atomic E-state index is 13.0. The summed E-state index contributed by atoms with van der Waals surface area (Å²) in [6, 6.07) is 6.48.